The molecule has 2 heterocycles. The minimum Gasteiger partial charge on any atom is -0.392 e. The molecule has 1 saturated carbocycles. The molecule has 1 aromatic rings. The van der Waals surface area contributed by atoms with Crippen LogP contribution < -0.4 is 4.90 Å². The van der Waals surface area contributed by atoms with Crippen molar-refractivity contribution in [3.8, 4) is 0 Å². The van der Waals surface area contributed by atoms with Gasteiger partial charge in [-0.25, -0.2) is 4.99 Å². The van der Waals surface area contributed by atoms with E-state index < -0.39 is 0 Å². The van der Waals surface area contributed by atoms with Crippen LogP contribution in [0, 0.1) is 5.41 Å². The fourth-order valence-electron chi connectivity index (χ4n) is 3.69. The SMILES string of the molecule is CC1=CC2(CC2O)C2=C(C)CN(c3cc(Br)c(Br)cc3Br)C2=N1. The third-order valence-corrected chi connectivity index (χ3v) is 7.24. The van der Waals surface area contributed by atoms with E-state index in [0.717, 1.165) is 43.6 Å². The topological polar surface area (TPSA) is 35.8 Å². The number of anilines is 1. The predicted molar refractivity (Wildman–Crippen MR) is 104 cm³/mol. The van der Waals surface area contributed by atoms with Gasteiger partial charge in [-0.1, -0.05) is 0 Å². The number of aliphatic hydroxyl groups is 1. The number of rotatable bonds is 1. The molecule has 0 radical (unpaired) electrons. The lowest BCUT2D eigenvalue weighted by atomic mass is 9.89. The number of aliphatic hydroxyl groups excluding tert-OH is 1. The van der Waals surface area contributed by atoms with Gasteiger partial charge in [0.05, 0.1) is 11.8 Å². The largest absolute Gasteiger partial charge is 0.392 e. The highest BCUT2D eigenvalue weighted by Gasteiger charge is 2.59. The number of amidine groups is 1. The first-order chi connectivity index (χ1) is 10.8. The van der Waals surface area contributed by atoms with Crippen LogP contribution in [-0.4, -0.2) is 23.6 Å². The zero-order valence-corrected chi connectivity index (χ0v) is 17.5. The summed E-state index contributed by atoms with van der Waals surface area (Å²) >= 11 is 10.8. The van der Waals surface area contributed by atoms with Crippen molar-refractivity contribution >= 4 is 59.3 Å². The Balaban J connectivity index is 1.84. The van der Waals surface area contributed by atoms with Crippen LogP contribution in [0.4, 0.5) is 5.69 Å². The molecule has 0 bridgehead atoms. The first kappa shape index (κ1) is 16.1. The van der Waals surface area contributed by atoms with Gasteiger partial charge in [-0.15, -0.1) is 0 Å². The van der Waals surface area contributed by atoms with Crippen molar-refractivity contribution in [2.24, 2.45) is 10.4 Å². The molecule has 3 nitrogen and oxygen atoms in total. The van der Waals surface area contributed by atoms with Crippen LogP contribution in [0.5, 0.6) is 0 Å². The summed E-state index contributed by atoms with van der Waals surface area (Å²) in [5.74, 6) is 0.981. The molecule has 1 spiro atoms. The highest BCUT2D eigenvalue weighted by molar-refractivity contribution is 9.13. The van der Waals surface area contributed by atoms with Gasteiger partial charge >= 0.3 is 0 Å². The Morgan fingerprint density at radius 3 is 2.48 bits per heavy atom. The molecule has 0 aromatic heterocycles. The third-order valence-electron chi connectivity index (χ3n) is 4.76. The van der Waals surface area contributed by atoms with Gasteiger partial charge in [-0.3, -0.25) is 0 Å². The zero-order chi connectivity index (χ0) is 16.5. The highest BCUT2D eigenvalue weighted by atomic mass is 79.9. The minimum atomic E-state index is -0.284. The molecular formula is C17H15Br3N2O. The predicted octanol–water partition coefficient (Wildman–Crippen LogP) is 5.18. The van der Waals surface area contributed by atoms with E-state index in [1.165, 1.54) is 11.1 Å². The zero-order valence-electron chi connectivity index (χ0n) is 12.7. The van der Waals surface area contributed by atoms with Gasteiger partial charge in [0.15, 0.2) is 0 Å². The van der Waals surface area contributed by atoms with Gasteiger partial charge in [0, 0.05) is 36.6 Å². The van der Waals surface area contributed by atoms with Crippen LogP contribution in [0.25, 0.3) is 0 Å². The first-order valence-electron chi connectivity index (χ1n) is 7.42. The lowest BCUT2D eigenvalue weighted by Gasteiger charge is -2.27. The van der Waals surface area contributed by atoms with Gasteiger partial charge in [0.1, 0.15) is 5.84 Å². The van der Waals surface area contributed by atoms with Crippen molar-refractivity contribution in [3.05, 3.63) is 48.5 Å². The Morgan fingerprint density at radius 2 is 1.83 bits per heavy atom. The Labute approximate surface area is 160 Å². The van der Waals surface area contributed by atoms with Gasteiger partial charge in [-0.2, -0.15) is 0 Å². The summed E-state index contributed by atoms with van der Waals surface area (Å²) in [7, 11) is 0. The number of allylic oxidation sites excluding steroid dienone is 1. The molecule has 2 unspecified atom stereocenters. The fraction of sp³-hybridized carbons (Fsp3) is 0.353. The van der Waals surface area contributed by atoms with E-state index >= 15 is 0 Å². The summed E-state index contributed by atoms with van der Waals surface area (Å²) in [4.78, 5) is 7.03. The van der Waals surface area contributed by atoms with Crippen molar-refractivity contribution < 1.29 is 5.11 Å². The average molecular weight is 503 g/mol. The van der Waals surface area contributed by atoms with Gasteiger partial charge in [0.25, 0.3) is 0 Å². The molecule has 1 fully saturated rings. The second kappa shape index (κ2) is 5.28. The Bertz CT molecular complexity index is 827. The molecule has 1 aliphatic carbocycles. The Morgan fingerprint density at radius 1 is 1.17 bits per heavy atom. The molecule has 1 N–H and O–H groups in total. The molecular weight excluding hydrogens is 488 g/mol. The second-order valence-corrected chi connectivity index (χ2v) is 9.00. The fourth-order valence-corrected chi connectivity index (χ4v) is 5.23. The van der Waals surface area contributed by atoms with Crippen LogP contribution >= 0.6 is 47.8 Å². The molecule has 0 amide bonds. The van der Waals surface area contributed by atoms with E-state index in [1.54, 1.807) is 0 Å². The molecule has 2 aliphatic heterocycles. The van der Waals surface area contributed by atoms with E-state index in [4.69, 9.17) is 4.99 Å². The molecule has 6 heteroatoms. The maximum absolute atomic E-state index is 10.2. The number of nitrogens with zero attached hydrogens (tertiary/aromatic N) is 2. The summed E-state index contributed by atoms with van der Waals surface area (Å²) in [5.41, 5.74) is 4.34. The number of hydrogen-bond donors (Lipinski definition) is 1. The van der Waals surface area contributed by atoms with Crippen molar-refractivity contribution in [1.29, 1.82) is 0 Å². The van der Waals surface area contributed by atoms with E-state index in [-0.39, 0.29) is 11.5 Å². The number of benzene rings is 1. The van der Waals surface area contributed by atoms with Crippen LogP contribution in [-0.2, 0) is 0 Å². The Hall–Kier alpha value is -0.430. The van der Waals surface area contributed by atoms with E-state index in [2.05, 4.69) is 71.8 Å². The summed E-state index contributed by atoms with van der Waals surface area (Å²) in [6, 6.07) is 4.14. The van der Waals surface area contributed by atoms with Crippen molar-refractivity contribution in [3.63, 3.8) is 0 Å². The van der Waals surface area contributed by atoms with Gasteiger partial charge in [0.2, 0.25) is 0 Å². The number of halogens is 3. The Kier molecular flexibility index (Phi) is 3.69. The normalized spacial score (nSPS) is 29.0. The summed E-state index contributed by atoms with van der Waals surface area (Å²) < 4.78 is 3.03. The van der Waals surface area contributed by atoms with Crippen LogP contribution in [0.15, 0.2) is 53.5 Å². The molecule has 23 heavy (non-hydrogen) atoms. The molecule has 3 aliphatic rings. The quantitative estimate of drug-likeness (QED) is 0.537. The van der Waals surface area contributed by atoms with Crippen LogP contribution in [0.1, 0.15) is 20.3 Å². The monoisotopic (exact) mass is 500 g/mol. The smallest absolute Gasteiger partial charge is 0.137 e. The van der Waals surface area contributed by atoms with Crippen molar-refractivity contribution in [2.75, 3.05) is 11.4 Å². The second-order valence-electron chi connectivity index (χ2n) is 6.44. The van der Waals surface area contributed by atoms with E-state index in [0.29, 0.717) is 0 Å². The third kappa shape index (κ3) is 2.33. The van der Waals surface area contributed by atoms with E-state index in [9.17, 15) is 5.11 Å². The van der Waals surface area contributed by atoms with Gasteiger partial charge < -0.3 is 10.0 Å². The standard InChI is InChI=1S/C17H15Br3N2O/c1-8-7-22(13-4-11(19)10(18)3-12(13)20)16-15(8)17(6-14(17)23)5-9(2)21-16/h3-5,14,23H,6-7H2,1-2H3. The van der Waals surface area contributed by atoms with Crippen molar-refractivity contribution in [2.45, 2.75) is 26.4 Å². The molecule has 4 rings (SSSR count). The summed E-state index contributed by atoms with van der Waals surface area (Å²) in [6.45, 7) is 4.96. The van der Waals surface area contributed by atoms with Crippen LogP contribution in [0.3, 0.4) is 0 Å². The molecule has 2 atom stereocenters. The lowest BCUT2D eigenvalue weighted by molar-refractivity contribution is 0.251. The van der Waals surface area contributed by atoms with Gasteiger partial charge in [-0.05, 0) is 91.8 Å². The molecule has 120 valence electrons. The average Bonchev–Trinajstić information content (AvgIpc) is 2.94. The lowest BCUT2D eigenvalue weighted by Crippen LogP contribution is -2.31. The minimum absolute atomic E-state index is 0.209. The summed E-state index contributed by atoms with van der Waals surface area (Å²) in [6.07, 6.45) is 2.65. The van der Waals surface area contributed by atoms with Crippen molar-refractivity contribution in [1.82, 2.24) is 0 Å². The number of aliphatic imine (C=N–C) groups is 1. The highest BCUT2D eigenvalue weighted by Crippen LogP contribution is 2.59. The number of hydrogen-bond acceptors (Lipinski definition) is 3. The van der Waals surface area contributed by atoms with E-state index in [1.807, 2.05) is 13.0 Å². The number of fused-ring (bicyclic) bond motifs is 2. The maximum Gasteiger partial charge on any atom is 0.137 e. The molecule has 1 aromatic carbocycles. The summed E-state index contributed by atoms with van der Waals surface area (Å²) in [5, 5.41) is 10.2. The van der Waals surface area contributed by atoms with Crippen LogP contribution in [0.2, 0.25) is 0 Å². The first-order valence-corrected chi connectivity index (χ1v) is 9.80. The maximum atomic E-state index is 10.2. The molecule has 0 saturated heterocycles.